The van der Waals surface area contributed by atoms with Crippen molar-refractivity contribution in [3.05, 3.63) is 22.7 Å². The van der Waals surface area contributed by atoms with Gasteiger partial charge in [0.1, 0.15) is 0 Å². The van der Waals surface area contributed by atoms with Crippen LogP contribution in [0.1, 0.15) is 25.8 Å². The first-order valence-electron chi connectivity index (χ1n) is 7.75. The van der Waals surface area contributed by atoms with Crippen LogP contribution in [0, 0.1) is 0 Å². The average Bonchev–Trinajstić information content (AvgIpc) is 2.73. The van der Waals surface area contributed by atoms with E-state index in [1.54, 1.807) is 0 Å². The van der Waals surface area contributed by atoms with Crippen molar-refractivity contribution in [2.24, 2.45) is 0 Å². The molecule has 0 bridgehead atoms. The lowest BCUT2D eigenvalue weighted by Gasteiger charge is -2.18. The maximum atomic E-state index is 6.29. The SMILES string of the molecule is CCN(CC)CCNCc1cc(Cl)c2c(c1)OCCCO2. The van der Waals surface area contributed by atoms with Crippen molar-refractivity contribution in [2.75, 3.05) is 39.4 Å². The molecule has 0 aromatic heterocycles. The second kappa shape index (κ2) is 8.47. The van der Waals surface area contributed by atoms with Gasteiger partial charge >= 0.3 is 0 Å². The van der Waals surface area contributed by atoms with Gasteiger partial charge in [0.15, 0.2) is 11.5 Å². The summed E-state index contributed by atoms with van der Waals surface area (Å²) in [5.74, 6) is 1.45. The molecule has 0 saturated heterocycles. The lowest BCUT2D eigenvalue weighted by Crippen LogP contribution is -2.31. The summed E-state index contributed by atoms with van der Waals surface area (Å²) in [5.41, 5.74) is 1.13. The summed E-state index contributed by atoms with van der Waals surface area (Å²) >= 11 is 6.29. The molecule has 1 aromatic rings. The van der Waals surface area contributed by atoms with E-state index in [9.17, 15) is 0 Å². The Labute approximate surface area is 132 Å². The van der Waals surface area contributed by atoms with Crippen LogP contribution in [0.25, 0.3) is 0 Å². The quantitative estimate of drug-likeness (QED) is 0.785. The molecular weight excluding hydrogens is 288 g/mol. The van der Waals surface area contributed by atoms with Crippen molar-refractivity contribution in [1.82, 2.24) is 10.2 Å². The summed E-state index contributed by atoms with van der Waals surface area (Å²) < 4.78 is 11.3. The van der Waals surface area contributed by atoms with Crippen LogP contribution in [-0.2, 0) is 6.54 Å². The number of likely N-dealkylation sites (N-methyl/N-ethyl adjacent to an activating group) is 1. The number of benzene rings is 1. The summed E-state index contributed by atoms with van der Waals surface area (Å²) in [4.78, 5) is 2.40. The summed E-state index contributed by atoms with van der Waals surface area (Å²) in [6, 6.07) is 3.98. The Balaban J connectivity index is 1.89. The minimum atomic E-state index is 0.634. The summed E-state index contributed by atoms with van der Waals surface area (Å²) in [6.45, 7) is 10.7. The number of rotatable bonds is 7. The van der Waals surface area contributed by atoms with Crippen molar-refractivity contribution in [3.8, 4) is 11.5 Å². The van der Waals surface area contributed by atoms with Gasteiger partial charge in [0, 0.05) is 26.1 Å². The van der Waals surface area contributed by atoms with E-state index in [-0.39, 0.29) is 0 Å². The third-order valence-electron chi connectivity index (χ3n) is 3.69. The molecule has 1 aliphatic rings. The fourth-order valence-electron chi connectivity index (χ4n) is 2.40. The van der Waals surface area contributed by atoms with E-state index in [1.165, 1.54) is 0 Å². The molecule has 2 rings (SSSR count). The third kappa shape index (κ3) is 4.77. The zero-order valence-electron chi connectivity index (χ0n) is 13.0. The van der Waals surface area contributed by atoms with Crippen molar-refractivity contribution in [1.29, 1.82) is 0 Å². The molecule has 0 radical (unpaired) electrons. The van der Waals surface area contributed by atoms with Crippen molar-refractivity contribution in [2.45, 2.75) is 26.8 Å². The number of fused-ring (bicyclic) bond motifs is 1. The first kappa shape index (κ1) is 16.4. The van der Waals surface area contributed by atoms with Gasteiger partial charge < -0.3 is 19.7 Å². The van der Waals surface area contributed by atoms with Crippen molar-refractivity contribution >= 4 is 11.6 Å². The van der Waals surface area contributed by atoms with Gasteiger partial charge in [0.05, 0.1) is 18.2 Å². The van der Waals surface area contributed by atoms with Crippen LogP contribution in [0.3, 0.4) is 0 Å². The second-order valence-electron chi connectivity index (χ2n) is 5.16. The number of hydrogen-bond donors (Lipinski definition) is 1. The van der Waals surface area contributed by atoms with Crippen LogP contribution in [0.15, 0.2) is 12.1 Å². The molecule has 0 fully saturated rings. The van der Waals surface area contributed by atoms with Crippen LogP contribution < -0.4 is 14.8 Å². The molecule has 118 valence electrons. The maximum absolute atomic E-state index is 6.29. The lowest BCUT2D eigenvalue weighted by atomic mass is 10.2. The van der Waals surface area contributed by atoms with Crippen molar-refractivity contribution < 1.29 is 9.47 Å². The van der Waals surface area contributed by atoms with Gasteiger partial charge in [-0.2, -0.15) is 0 Å². The minimum absolute atomic E-state index is 0.634. The molecular formula is C16H25ClN2O2. The van der Waals surface area contributed by atoms with E-state index in [0.717, 1.165) is 50.5 Å². The normalized spacial score (nSPS) is 14.3. The molecule has 4 nitrogen and oxygen atoms in total. The number of ether oxygens (including phenoxy) is 2. The first-order valence-corrected chi connectivity index (χ1v) is 8.13. The highest BCUT2D eigenvalue weighted by Crippen LogP contribution is 2.37. The number of hydrogen-bond acceptors (Lipinski definition) is 4. The van der Waals surface area contributed by atoms with E-state index >= 15 is 0 Å². The van der Waals surface area contributed by atoms with E-state index in [0.29, 0.717) is 24.0 Å². The highest BCUT2D eigenvalue weighted by molar-refractivity contribution is 6.32. The van der Waals surface area contributed by atoms with Crippen LogP contribution in [0.4, 0.5) is 0 Å². The zero-order chi connectivity index (χ0) is 15.1. The van der Waals surface area contributed by atoms with Crippen LogP contribution in [0.2, 0.25) is 5.02 Å². The van der Waals surface area contributed by atoms with Gasteiger partial charge in [-0.3, -0.25) is 0 Å². The highest BCUT2D eigenvalue weighted by Gasteiger charge is 2.15. The Hall–Kier alpha value is -0.970. The minimum Gasteiger partial charge on any atom is -0.489 e. The monoisotopic (exact) mass is 312 g/mol. The molecule has 0 spiro atoms. The van der Waals surface area contributed by atoms with Crippen LogP contribution in [0.5, 0.6) is 11.5 Å². The number of nitrogens with one attached hydrogen (secondary N) is 1. The molecule has 0 unspecified atom stereocenters. The van der Waals surface area contributed by atoms with Gasteiger partial charge in [-0.1, -0.05) is 25.4 Å². The topological polar surface area (TPSA) is 33.7 Å². The van der Waals surface area contributed by atoms with Gasteiger partial charge in [-0.25, -0.2) is 0 Å². The fourth-order valence-corrected chi connectivity index (χ4v) is 2.68. The molecule has 0 amide bonds. The van der Waals surface area contributed by atoms with E-state index in [2.05, 4.69) is 24.1 Å². The Morgan fingerprint density at radius 3 is 2.71 bits per heavy atom. The standard InChI is InChI=1S/C16H25ClN2O2/c1-3-19(4-2)7-6-18-12-13-10-14(17)16-15(11-13)20-8-5-9-21-16/h10-11,18H,3-9,12H2,1-2H3. The Bertz CT molecular complexity index is 450. The van der Waals surface area contributed by atoms with E-state index in [1.807, 2.05) is 12.1 Å². The predicted molar refractivity (Wildman–Crippen MR) is 86.6 cm³/mol. The molecule has 1 aliphatic heterocycles. The molecule has 1 aromatic carbocycles. The fraction of sp³-hybridized carbons (Fsp3) is 0.625. The first-order chi connectivity index (χ1) is 10.2. The third-order valence-corrected chi connectivity index (χ3v) is 3.97. The van der Waals surface area contributed by atoms with Crippen LogP contribution in [-0.4, -0.2) is 44.3 Å². The second-order valence-corrected chi connectivity index (χ2v) is 5.57. The van der Waals surface area contributed by atoms with Crippen LogP contribution >= 0.6 is 11.6 Å². The summed E-state index contributed by atoms with van der Waals surface area (Å²) in [6.07, 6.45) is 0.891. The van der Waals surface area contributed by atoms with Gasteiger partial charge in [-0.05, 0) is 30.8 Å². The van der Waals surface area contributed by atoms with E-state index < -0.39 is 0 Å². The van der Waals surface area contributed by atoms with Gasteiger partial charge in [-0.15, -0.1) is 0 Å². The number of nitrogens with zero attached hydrogens (tertiary/aromatic N) is 1. The largest absolute Gasteiger partial charge is 0.489 e. The van der Waals surface area contributed by atoms with E-state index in [4.69, 9.17) is 21.1 Å². The van der Waals surface area contributed by atoms with Crippen molar-refractivity contribution in [3.63, 3.8) is 0 Å². The summed E-state index contributed by atoms with van der Waals surface area (Å²) in [5, 5.41) is 4.09. The smallest absolute Gasteiger partial charge is 0.179 e. The van der Waals surface area contributed by atoms with Gasteiger partial charge in [0.2, 0.25) is 0 Å². The molecule has 0 atom stereocenters. The molecule has 0 aliphatic carbocycles. The Kier molecular flexibility index (Phi) is 6.61. The molecule has 21 heavy (non-hydrogen) atoms. The summed E-state index contributed by atoms with van der Waals surface area (Å²) in [7, 11) is 0. The molecule has 0 saturated carbocycles. The molecule has 1 heterocycles. The lowest BCUT2D eigenvalue weighted by molar-refractivity contribution is 0.297. The number of halogens is 1. The van der Waals surface area contributed by atoms with Gasteiger partial charge in [0.25, 0.3) is 0 Å². The zero-order valence-corrected chi connectivity index (χ0v) is 13.7. The Morgan fingerprint density at radius 2 is 1.95 bits per heavy atom. The molecule has 5 heteroatoms. The average molecular weight is 313 g/mol. The Morgan fingerprint density at radius 1 is 1.19 bits per heavy atom. The maximum Gasteiger partial charge on any atom is 0.179 e. The highest BCUT2D eigenvalue weighted by atomic mass is 35.5. The molecule has 1 N–H and O–H groups in total. The predicted octanol–water partition coefficient (Wildman–Crippen LogP) is 2.93.